The van der Waals surface area contributed by atoms with Crippen LogP contribution in [0.2, 0.25) is 0 Å². The molecule has 0 aliphatic heterocycles. The Morgan fingerprint density at radius 3 is 2.18 bits per heavy atom. The van der Waals surface area contributed by atoms with Crippen molar-refractivity contribution in [2.45, 2.75) is 58.8 Å². The van der Waals surface area contributed by atoms with Gasteiger partial charge in [-0.3, -0.25) is 0 Å². The first-order valence-corrected chi connectivity index (χ1v) is 6.42. The van der Waals surface area contributed by atoms with Crippen LogP contribution in [0.15, 0.2) is 0 Å². The lowest BCUT2D eigenvalue weighted by Gasteiger charge is -1.94. The highest BCUT2D eigenvalue weighted by atomic mass is 16.5. The summed E-state index contributed by atoms with van der Waals surface area (Å²) < 4.78 is 4.91. The fourth-order valence-corrected chi connectivity index (χ4v) is 1.07. The van der Waals surface area contributed by atoms with Crippen LogP contribution in [0.5, 0.6) is 0 Å². The van der Waals surface area contributed by atoms with E-state index in [0.717, 1.165) is 38.5 Å². The van der Waals surface area contributed by atoms with Gasteiger partial charge in [0.05, 0.1) is 0 Å². The van der Waals surface area contributed by atoms with Crippen LogP contribution < -0.4 is 0 Å². The SMILES string of the molecule is CCCCC#CCCOC(=O)C#CCCCC. The Hall–Kier alpha value is -1.41. The van der Waals surface area contributed by atoms with E-state index in [9.17, 15) is 4.79 Å². The molecule has 0 saturated carbocycles. The van der Waals surface area contributed by atoms with Crippen molar-refractivity contribution in [3.63, 3.8) is 0 Å². The number of ether oxygens (including phenoxy) is 1. The zero-order valence-electron chi connectivity index (χ0n) is 11.0. The lowest BCUT2D eigenvalue weighted by Crippen LogP contribution is -2.02. The maximum absolute atomic E-state index is 11.1. The molecule has 0 fully saturated rings. The predicted octanol–water partition coefficient (Wildman–Crippen LogP) is 3.31. The van der Waals surface area contributed by atoms with Crippen LogP contribution >= 0.6 is 0 Å². The molecule has 0 aromatic carbocycles. The van der Waals surface area contributed by atoms with E-state index in [-0.39, 0.29) is 0 Å². The van der Waals surface area contributed by atoms with Gasteiger partial charge in [-0.25, -0.2) is 4.79 Å². The van der Waals surface area contributed by atoms with E-state index >= 15 is 0 Å². The summed E-state index contributed by atoms with van der Waals surface area (Å²) >= 11 is 0. The van der Waals surface area contributed by atoms with Gasteiger partial charge in [0.1, 0.15) is 6.61 Å². The van der Waals surface area contributed by atoms with Crippen molar-refractivity contribution in [1.82, 2.24) is 0 Å². The van der Waals surface area contributed by atoms with Gasteiger partial charge in [0.25, 0.3) is 0 Å². The number of unbranched alkanes of at least 4 members (excludes halogenated alkanes) is 4. The molecule has 0 heterocycles. The van der Waals surface area contributed by atoms with Crippen molar-refractivity contribution in [3.05, 3.63) is 0 Å². The molecule has 0 N–H and O–H groups in total. The first-order valence-electron chi connectivity index (χ1n) is 6.42. The van der Waals surface area contributed by atoms with Crippen molar-refractivity contribution >= 4 is 5.97 Å². The predicted molar refractivity (Wildman–Crippen MR) is 70.2 cm³/mol. The van der Waals surface area contributed by atoms with Crippen LogP contribution in [0.4, 0.5) is 0 Å². The van der Waals surface area contributed by atoms with Crippen LogP contribution in [0.3, 0.4) is 0 Å². The van der Waals surface area contributed by atoms with Crippen molar-refractivity contribution in [1.29, 1.82) is 0 Å². The summed E-state index contributed by atoms with van der Waals surface area (Å²) in [7, 11) is 0. The Morgan fingerprint density at radius 2 is 1.53 bits per heavy atom. The fraction of sp³-hybridized carbons (Fsp3) is 0.667. The van der Waals surface area contributed by atoms with E-state index in [4.69, 9.17) is 4.74 Å². The maximum atomic E-state index is 11.1. The number of carbonyl (C=O) groups excluding carboxylic acids is 1. The van der Waals surface area contributed by atoms with E-state index in [1.54, 1.807) is 0 Å². The Balaban J connectivity index is 3.48. The largest absolute Gasteiger partial charge is 0.455 e. The molecule has 0 aliphatic rings. The Bertz CT molecular complexity index is 309. The van der Waals surface area contributed by atoms with Crippen molar-refractivity contribution < 1.29 is 9.53 Å². The van der Waals surface area contributed by atoms with E-state index in [1.165, 1.54) is 0 Å². The highest BCUT2D eigenvalue weighted by Gasteiger charge is 1.93. The van der Waals surface area contributed by atoms with Gasteiger partial charge in [-0.05, 0) is 12.8 Å². The molecule has 17 heavy (non-hydrogen) atoms. The first-order chi connectivity index (χ1) is 8.31. The molecule has 0 aromatic rings. The Morgan fingerprint density at radius 1 is 0.941 bits per heavy atom. The molecular weight excluding hydrogens is 212 g/mol. The van der Waals surface area contributed by atoms with Gasteiger partial charge in [0.15, 0.2) is 0 Å². The quantitative estimate of drug-likeness (QED) is 0.305. The summed E-state index contributed by atoms with van der Waals surface area (Å²) in [5.74, 6) is 10.8. The maximum Gasteiger partial charge on any atom is 0.384 e. The molecule has 0 radical (unpaired) electrons. The minimum absolute atomic E-state index is 0.348. The number of esters is 1. The number of rotatable bonds is 6. The monoisotopic (exact) mass is 234 g/mol. The molecule has 0 atom stereocenters. The second kappa shape index (κ2) is 12.7. The van der Waals surface area contributed by atoms with Crippen LogP contribution in [0, 0.1) is 23.7 Å². The van der Waals surface area contributed by atoms with Crippen LogP contribution in [-0.2, 0) is 9.53 Å². The highest BCUT2D eigenvalue weighted by Crippen LogP contribution is 1.92. The average Bonchev–Trinajstić information content (AvgIpc) is 2.33. The van der Waals surface area contributed by atoms with E-state index in [1.807, 2.05) is 0 Å². The molecule has 0 spiro atoms. The van der Waals surface area contributed by atoms with E-state index in [2.05, 4.69) is 37.5 Å². The van der Waals surface area contributed by atoms with Gasteiger partial charge >= 0.3 is 5.97 Å². The third-order valence-corrected chi connectivity index (χ3v) is 2.09. The van der Waals surface area contributed by atoms with Gasteiger partial charge in [0.2, 0.25) is 0 Å². The normalized spacial score (nSPS) is 8.59. The van der Waals surface area contributed by atoms with Gasteiger partial charge in [0, 0.05) is 25.2 Å². The topological polar surface area (TPSA) is 26.3 Å². The molecule has 0 rings (SSSR count). The third kappa shape index (κ3) is 12.5. The first kappa shape index (κ1) is 15.6. The molecule has 0 bridgehead atoms. The molecule has 2 heteroatoms. The van der Waals surface area contributed by atoms with Gasteiger partial charge < -0.3 is 4.74 Å². The minimum atomic E-state index is -0.434. The molecule has 0 aromatic heterocycles. The van der Waals surface area contributed by atoms with E-state index in [0.29, 0.717) is 13.0 Å². The summed E-state index contributed by atoms with van der Waals surface area (Å²) in [5.41, 5.74) is 0. The molecule has 0 unspecified atom stereocenters. The fourth-order valence-electron chi connectivity index (χ4n) is 1.07. The van der Waals surface area contributed by atoms with Gasteiger partial charge in [-0.15, -0.1) is 5.92 Å². The summed E-state index contributed by atoms with van der Waals surface area (Å²) in [6.45, 7) is 4.58. The molecule has 94 valence electrons. The molecule has 2 nitrogen and oxygen atoms in total. The van der Waals surface area contributed by atoms with Crippen molar-refractivity contribution in [2.24, 2.45) is 0 Å². The smallest absolute Gasteiger partial charge is 0.384 e. The van der Waals surface area contributed by atoms with Gasteiger partial charge in [-0.1, -0.05) is 38.5 Å². The Labute approximate surface area is 105 Å². The second-order valence-electron chi connectivity index (χ2n) is 3.75. The van der Waals surface area contributed by atoms with Crippen LogP contribution in [0.25, 0.3) is 0 Å². The summed E-state index contributed by atoms with van der Waals surface area (Å²) in [5, 5.41) is 0. The summed E-state index contributed by atoms with van der Waals surface area (Å²) in [4.78, 5) is 11.1. The molecular formula is C15H22O2. The molecule has 0 saturated heterocycles. The zero-order valence-corrected chi connectivity index (χ0v) is 11.0. The van der Waals surface area contributed by atoms with Crippen LogP contribution in [-0.4, -0.2) is 12.6 Å². The van der Waals surface area contributed by atoms with Gasteiger partial charge in [-0.2, -0.15) is 0 Å². The standard InChI is InChI=1S/C15H22O2/c1-3-5-7-9-10-12-14-17-15(16)13-11-8-6-4-2/h3-8,12,14H2,1-2H3. The van der Waals surface area contributed by atoms with Crippen LogP contribution in [0.1, 0.15) is 58.8 Å². The number of carbonyl (C=O) groups is 1. The average molecular weight is 234 g/mol. The second-order valence-corrected chi connectivity index (χ2v) is 3.75. The van der Waals surface area contributed by atoms with Crippen molar-refractivity contribution in [2.75, 3.05) is 6.61 Å². The Kier molecular flexibility index (Phi) is 11.6. The zero-order chi connectivity index (χ0) is 12.8. The van der Waals surface area contributed by atoms with E-state index < -0.39 is 5.97 Å². The lowest BCUT2D eigenvalue weighted by molar-refractivity contribution is -0.136. The lowest BCUT2D eigenvalue weighted by atomic mass is 10.2. The summed E-state index contributed by atoms with van der Waals surface area (Å²) in [6, 6.07) is 0. The number of hydrogen-bond donors (Lipinski definition) is 0. The van der Waals surface area contributed by atoms with Crippen molar-refractivity contribution in [3.8, 4) is 23.7 Å². The third-order valence-electron chi connectivity index (χ3n) is 2.09. The summed E-state index contributed by atoms with van der Waals surface area (Å²) in [6.07, 6.45) is 6.72. The highest BCUT2D eigenvalue weighted by molar-refractivity contribution is 5.88. The molecule has 0 aliphatic carbocycles. The number of hydrogen-bond acceptors (Lipinski definition) is 2. The minimum Gasteiger partial charge on any atom is -0.455 e. The molecule has 0 amide bonds.